The first-order valence-corrected chi connectivity index (χ1v) is 16.5. The second kappa shape index (κ2) is 11.4. The first kappa shape index (κ1) is 27.3. The number of benzene rings is 7. The Morgan fingerprint density at radius 2 is 0.766 bits per heavy atom. The van der Waals surface area contributed by atoms with Gasteiger partial charge in [0.15, 0.2) is 17.5 Å². The third kappa shape index (κ3) is 5.05. The number of nitrogens with zero attached hydrogens (tertiary/aromatic N) is 3. The van der Waals surface area contributed by atoms with Crippen LogP contribution in [-0.2, 0) is 0 Å². The van der Waals surface area contributed by atoms with Crippen molar-refractivity contribution in [3.05, 3.63) is 164 Å². The summed E-state index contributed by atoms with van der Waals surface area (Å²) in [6, 6.07) is 57.4. The monoisotopic (exact) mass is 617 g/mol. The number of rotatable bonds is 5. The minimum atomic E-state index is 0.650. The van der Waals surface area contributed by atoms with E-state index >= 15 is 0 Å². The van der Waals surface area contributed by atoms with Gasteiger partial charge in [-0.15, -0.1) is 11.3 Å². The van der Waals surface area contributed by atoms with E-state index in [9.17, 15) is 0 Å². The molecule has 0 bridgehead atoms. The highest BCUT2D eigenvalue weighted by Crippen LogP contribution is 2.39. The van der Waals surface area contributed by atoms with Crippen LogP contribution >= 0.6 is 11.3 Å². The van der Waals surface area contributed by atoms with E-state index in [-0.39, 0.29) is 0 Å². The standard InChI is InChI=1S/C43H27N3S/c1-3-9-28(10-4-1)30-15-20-33(21-16-30)41-44-42(34-22-17-31(18-23-34)29-11-5-2-6-12-29)46-43(45-41)35-24-19-32-25-26-37-36-13-7-8-14-39(36)47-40(37)38(32)27-35/h1-27H. The fourth-order valence-electron chi connectivity index (χ4n) is 6.29. The summed E-state index contributed by atoms with van der Waals surface area (Å²) in [5.41, 5.74) is 7.53. The molecule has 0 N–H and O–H groups in total. The first-order chi connectivity index (χ1) is 23.3. The average molecular weight is 618 g/mol. The van der Waals surface area contributed by atoms with Crippen LogP contribution in [0.1, 0.15) is 0 Å². The molecule has 4 heteroatoms. The summed E-state index contributed by atoms with van der Waals surface area (Å²) in [5.74, 6) is 1.96. The third-order valence-corrected chi connectivity index (χ3v) is 9.98. The molecule has 3 nitrogen and oxygen atoms in total. The largest absolute Gasteiger partial charge is 0.208 e. The van der Waals surface area contributed by atoms with Crippen molar-refractivity contribution in [3.63, 3.8) is 0 Å². The molecule has 0 radical (unpaired) electrons. The minimum Gasteiger partial charge on any atom is -0.208 e. The Balaban J connectivity index is 1.19. The van der Waals surface area contributed by atoms with Gasteiger partial charge in [-0.25, -0.2) is 15.0 Å². The first-order valence-electron chi connectivity index (χ1n) is 15.7. The summed E-state index contributed by atoms with van der Waals surface area (Å²) < 4.78 is 2.58. The van der Waals surface area contributed by atoms with Crippen LogP contribution in [0, 0.1) is 0 Å². The lowest BCUT2D eigenvalue weighted by Crippen LogP contribution is -2.00. The van der Waals surface area contributed by atoms with Gasteiger partial charge in [0.1, 0.15) is 0 Å². The van der Waals surface area contributed by atoms with Gasteiger partial charge in [-0.05, 0) is 39.8 Å². The highest BCUT2D eigenvalue weighted by atomic mass is 32.1. The number of aromatic nitrogens is 3. The summed E-state index contributed by atoms with van der Waals surface area (Å²) in [4.78, 5) is 15.2. The van der Waals surface area contributed by atoms with Gasteiger partial charge in [0.2, 0.25) is 0 Å². The zero-order valence-corrected chi connectivity index (χ0v) is 26.2. The molecule has 2 heterocycles. The van der Waals surface area contributed by atoms with Crippen LogP contribution in [0.5, 0.6) is 0 Å². The molecule has 2 aromatic heterocycles. The highest BCUT2D eigenvalue weighted by molar-refractivity contribution is 7.26. The Labute approximate surface area is 276 Å². The maximum atomic E-state index is 5.08. The molecule has 0 aliphatic heterocycles. The Kier molecular flexibility index (Phi) is 6.65. The molecule has 0 aliphatic carbocycles. The maximum Gasteiger partial charge on any atom is 0.164 e. The van der Waals surface area contributed by atoms with Crippen molar-refractivity contribution in [2.75, 3.05) is 0 Å². The number of fused-ring (bicyclic) bond motifs is 5. The number of hydrogen-bond donors (Lipinski definition) is 0. The smallest absolute Gasteiger partial charge is 0.164 e. The molecule has 0 unspecified atom stereocenters. The second-order valence-electron chi connectivity index (χ2n) is 11.7. The molecule has 7 aromatic carbocycles. The van der Waals surface area contributed by atoms with Crippen molar-refractivity contribution < 1.29 is 0 Å². The molecular formula is C43H27N3S. The van der Waals surface area contributed by atoms with E-state index in [4.69, 9.17) is 15.0 Å². The van der Waals surface area contributed by atoms with E-state index in [1.54, 1.807) is 0 Å². The fraction of sp³-hybridized carbons (Fsp3) is 0. The van der Waals surface area contributed by atoms with E-state index in [1.165, 1.54) is 42.1 Å². The molecular weight excluding hydrogens is 591 g/mol. The molecule has 0 saturated heterocycles. The summed E-state index contributed by atoms with van der Waals surface area (Å²) in [6.45, 7) is 0. The SMILES string of the molecule is c1ccc(-c2ccc(-c3nc(-c4ccc(-c5ccccc5)cc4)nc(-c4ccc5ccc6c7ccccc7sc6c5c4)n3)cc2)cc1. The molecule has 0 aliphatic rings. The molecule has 9 rings (SSSR count). The van der Waals surface area contributed by atoms with E-state index in [1.807, 2.05) is 23.5 Å². The van der Waals surface area contributed by atoms with E-state index in [2.05, 4.69) is 152 Å². The maximum absolute atomic E-state index is 5.08. The van der Waals surface area contributed by atoms with Crippen molar-refractivity contribution in [2.24, 2.45) is 0 Å². The Hall–Kier alpha value is -5.97. The van der Waals surface area contributed by atoms with Crippen LogP contribution in [0.4, 0.5) is 0 Å². The van der Waals surface area contributed by atoms with Crippen molar-refractivity contribution in [1.29, 1.82) is 0 Å². The van der Waals surface area contributed by atoms with Gasteiger partial charge in [0.25, 0.3) is 0 Å². The van der Waals surface area contributed by atoms with Crippen molar-refractivity contribution in [3.8, 4) is 56.4 Å². The number of hydrogen-bond acceptors (Lipinski definition) is 4. The minimum absolute atomic E-state index is 0.650. The van der Waals surface area contributed by atoms with Gasteiger partial charge in [-0.2, -0.15) is 0 Å². The molecule has 9 aromatic rings. The zero-order valence-electron chi connectivity index (χ0n) is 25.3. The lowest BCUT2D eigenvalue weighted by atomic mass is 10.0. The van der Waals surface area contributed by atoms with E-state index in [0.29, 0.717) is 17.5 Å². The van der Waals surface area contributed by atoms with Crippen LogP contribution in [-0.4, -0.2) is 15.0 Å². The summed E-state index contributed by atoms with van der Waals surface area (Å²) in [5, 5.41) is 4.99. The zero-order chi connectivity index (χ0) is 31.2. The van der Waals surface area contributed by atoms with Gasteiger partial charge in [-0.3, -0.25) is 0 Å². The van der Waals surface area contributed by atoms with Gasteiger partial charge < -0.3 is 0 Å². The van der Waals surface area contributed by atoms with Gasteiger partial charge in [0, 0.05) is 42.2 Å². The lowest BCUT2D eigenvalue weighted by molar-refractivity contribution is 1.07. The van der Waals surface area contributed by atoms with Crippen LogP contribution in [0.3, 0.4) is 0 Å². The molecule has 0 fully saturated rings. The third-order valence-electron chi connectivity index (χ3n) is 8.76. The van der Waals surface area contributed by atoms with Crippen LogP contribution in [0.15, 0.2) is 164 Å². The predicted molar refractivity (Wildman–Crippen MR) is 197 cm³/mol. The summed E-state index contributed by atoms with van der Waals surface area (Å²) in [6.07, 6.45) is 0. The lowest BCUT2D eigenvalue weighted by Gasteiger charge is -2.10. The van der Waals surface area contributed by atoms with Gasteiger partial charge >= 0.3 is 0 Å². The van der Waals surface area contributed by atoms with Gasteiger partial charge in [-0.1, -0.05) is 152 Å². The van der Waals surface area contributed by atoms with Gasteiger partial charge in [0.05, 0.1) is 0 Å². The normalized spacial score (nSPS) is 11.4. The molecule has 0 amide bonds. The molecule has 0 saturated carbocycles. The summed E-state index contributed by atoms with van der Waals surface area (Å²) >= 11 is 1.84. The topological polar surface area (TPSA) is 38.7 Å². The summed E-state index contributed by atoms with van der Waals surface area (Å²) in [7, 11) is 0. The molecule has 0 spiro atoms. The molecule has 0 atom stereocenters. The Morgan fingerprint density at radius 3 is 1.36 bits per heavy atom. The van der Waals surface area contributed by atoms with Crippen molar-refractivity contribution in [2.45, 2.75) is 0 Å². The fourth-order valence-corrected chi connectivity index (χ4v) is 7.52. The molecule has 47 heavy (non-hydrogen) atoms. The predicted octanol–water partition coefficient (Wildman–Crippen LogP) is 11.7. The van der Waals surface area contributed by atoms with Crippen molar-refractivity contribution in [1.82, 2.24) is 15.0 Å². The Morgan fingerprint density at radius 1 is 0.319 bits per heavy atom. The van der Waals surface area contributed by atoms with Crippen LogP contribution in [0.25, 0.3) is 87.4 Å². The average Bonchev–Trinajstić information content (AvgIpc) is 3.55. The van der Waals surface area contributed by atoms with E-state index < -0.39 is 0 Å². The highest BCUT2D eigenvalue weighted by Gasteiger charge is 2.15. The van der Waals surface area contributed by atoms with Crippen molar-refractivity contribution >= 4 is 42.3 Å². The number of thiophene rings is 1. The Bertz CT molecular complexity index is 2440. The van der Waals surface area contributed by atoms with Crippen LogP contribution < -0.4 is 0 Å². The molecule has 220 valence electrons. The quantitative estimate of drug-likeness (QED) is 0.193. The second-order valence-corrected chi connectivity index (χ2v) is 12.7. The van der Waals surface area contributed by atoms with Crippen LogP contribution in [0.2, 0.25) is 0 Å². The van der Waals surface area contributed by atoms with E-state index in [0.717, 1.165) is 27.8 Å².